The van der Waals surface area contributed by atoms with E-state index in [4.69, 9.17) is 13.7 Å². The molecule has 0 aromatic carbocycles. The average molecular weight is 229 g/mol. The molecule has 0 unspecified atom stereocenters. The maximum atomic E-state index is 7.96. The Bertz CT molecular complexity index is 479. The van der Waals surface area contributed by atoms with Gasteiger partial charge in [-0.1, -0.05) is 13.7 Å². The fourth-order valence-electron chi connectivity index (χ4n) is 0.492. The van der Waals surface area contributed by atoms with E-state index >= 15 is 0 Å². The maximum Gasteiger partial charge on any atom is 0.0355 e. The van der Waals surface area contributed by atoms with Crippen LogP contribution in [0.1, 0.15) is 43.1 Å². The Balaban J connectivity index is 3.55. The molecule has 0 fully saturated rings. The van der Waals surface area contributed by atoms with E-state index in [-0.39, 0.29) is 14.2 Å². The van der Waals surface area contributed by atoms with Crippen LogP contribution in [-0.4, -0.2) is 0 Å². The van der Waals surface area contributed by atoms with Crippen molar-refractivity contribution in [1.82, 2.24) is 0 Å². The van der Waals surface area contributed by atoms with Gasteiger partial charge in [0.2, 0.25) is 0 Å². The SMILES string of the molecule is [2H]C([2H])([2H])c1sc(C([2H])(C([2H])([2H])[2H])C([2H])([2H])[2H])cc1Br. The van der Waals surface area contributed by atoms with Gasteiger partial charge in [0.25, 0.3) is 0 Å². The third-order valence-electron chi connectivity index (χ3n) is 0.933. The lowest BCUT2D eigenvalue weighted by atomic mass is 10.2. The van der Waals surface area contributed by atoms with Crippen LogP contribution in [0, 0.1) is 6.85 Å². The molecule has 0 radical (unpaired) electrons. The van der Waals surface area contributed by atoms with Gasteiger partial charge in [-0.05, 0) is 34.7 Å². The molecule has 0 saturated carbocycles. The van der Waals surface area contributed by atoms with Crippen LogP contribution in [-0.2, 0) is 0 Å². The van der Waals surface area contributed by atoms with Crippen LogP contribution in [0.15, 0.2) is 10.5 Å². The van der Waals surface area contributed by atoms with Gasteiger partial charge in [-0.2, -0.15) is 0 Å². The monoisotopic (exact) mass is 228 g/mol. The van der Waals surface area contributed by atoms with E-state index in [1.807, 2.05) is 0 Å². The van der Waals surface area contributed by atoms with Gasteiger partial charge in [0.05, 0.1) is 0 Å². The number of rotatable bonds is 1. The molecule has 0 nitrogen and oxygen atoms in total. The van der Waals surface area contributed by atoms with Crippen molar-refractivity contribution in [2.75, 3.05) is 0 Å². The highest BCUT2D eigenvalue weighted by Gasteiger charge is 2.04. The van der Waals surface area contributed by atoms with Gasteiger partial charge in [-0.15, -0.1) is 11.3 Å². The van der Waals surface area contributed by atoms with E-state index in [0.29, 0.717) is 11.3 Å². The summed E-state index contributed by atoms with van der Waals surface area (Å²) in [6, 6.07) is 1.10. The molecule has 1 heterocycles. The molecule has 0 aliphatic rings. The molecule has 0 aliphatic heterocycles. The molecule has 0 bridgehead atoms. The van der Waals surface area contributed by atoms with Crippen molar-refractivity contribution >= 4 is 27.3 Å². The molecule has 0 spiro atoms. The number of hydrogen-bond donors (Lipinski definition) is 0. The average Bonchev–Trinajstić information content (AvgIpc) is 2.54. The minimum Gasteiger partial charge on any atom is -0.144 e. The van der Waals surface area contributed by atoms with Gasteiger partial charge in [-0.3, -0.25) is 0 Å². The van der Waals surface area contributed by atoms with Crippen molar-refractivity contribution in [1.29, 1.82) is 0 Å². The Morgan fingerprint density at radius 2 is 2.60 bits per heavy atom. The molecule has 10 heavy (non-hydrogen) atoms. The molecule has 0 amide bonds. The molecule has 1 aromatic rings. The van der Waals surface area contributed by atoms with E-state index in [1.165, 1.54) is 0 Å². The van der Waals surface area contributed by atoms with Crippen LogP contribution in [0.5, 0.6) is 0 Å². The minimum atomic E-state index is -3.12. The normalized spacial score (nSPS) is 30.5. The predicted molar refractivity (Wildman–Crippen MR) is 50.8 cm³/mol. The van der Waals surface area contributed by atoms with Crippen LogP contribution < -0.4 is 0 Å². The second kappa shape index (κ2) is 3.05. The standard InChI is InChI=1S/C8H11BrS/c1-5(2)8-4-7(9)6(3)10-8/h4-5H,1-3H3/i1D3,2D3,3D3,5D. The summed E-state index contributed by atoms with van der Waals surface area (Å²) in [7, 11) is 0. The zero-order chi connectivity index (χ0) is 16.1. The van der Waals surface area contributed by atoms with E-state index < -0.39 is 26.4 Å². The predicted octanol–water partition coefficient (Wildman–Crippen LogP) is 3.94. The summed E-state index contributed by atoms with van der Waals surface area (Å²) in [5.74, 6) is -2.86. The van der Waals surface area contributed by atoms with Crippen molar-refractivity contribution in [3.8, 4) is 0 Å². The molecular formula is C8H11BrS. The summed E-state index contributed by atoms with van der Waals surface area (Å²) in [5, 5.41) is 0. The maximum absolute atomic E-state index is 7.96. The first-order chi connectivity index (χ1) is 8.62. The Morgan fingerprint density at radius 1 is 1.80 bits per heavy atom. The van der Waals surface area contributed by atoms with E-state index in [2.05, 4.69) is 15.9 Å². The highest BCUT2D eigenvalue weighted by molar-refractivity contribution is 9.10. The summed E-state index contributed by atoms with van der Waals surface area (Å²) in [4.78, 5) is -0.492. The van der Waals surface area contributed by atoms with Crippen molar-refractivity contribution in [3.63, 3.8) is 0 Å². The number of aryl methyl sites for hydroxylation is 1. The zero-order valence-corrected chi connectivity index (χ0v) is 7.27. The van der Waals surface area contributed by atoms with E-state index in [9.17, 15) is 0 Å². The largest absolute Gasteiger partial charge is 0.144 e. The summed E-state index contributed by atoms with van der Waals surface area (Å²) < 4.78 is 74.1. The second-order valence-electron chi connectivity index (χ2n) is 1.66. The first-order valence-electron chi connectivity index (χ1n) is 7.42. The molecule has 0 N–H and O–H groups in total. The second-order valence-corrected chi connectivity index (χ2v) is 3.57. The summed E-state index contributed by atoms with van der Waals surface area (Å²) in [6.07, 6.45) is 0. The lowest BCUT2D eigenvalue weighted by Gasteiger charge is -1.96. The van der Waals surface area contributed by atoms with Crippen LogP contribution >= 0.6 is 27.3 Å². The van der Waals surface area contributed by atoms with Gasteiger partial charge in [0.1, 0.15) is 0 Å². The Labute approximate surface area is 88.4 Å². The Kier molecular flexibility index (Phi) is 0.644. The van der Waals surface area contributed by atoms with Crippen molar-refractivity contribution in [3.05, 3.63) is 20.3 Å². The van der Waals surface area contributed by atoms with E-state index in [0.717, 1.165) is 6.07 Å². The minimum absolute atomic E-state index is 0.0858. The van der Waals surface area contributed by atoms with Crippen molar-refractivity contribution < 1.29 is 13.7 Å². The molecule has 0 aliphatic carbocycles. The summed E-state index contributed by atoms with van der Waals surface area (Å²) in [6.45, 7) is -8.74. The molecule has 1 aromatic heterocycles. The fourth-order valence-corrected chi connectivity index (χ4v) is 1.77. The van der Waals surface area contributed by atoms with Crippen molar-refractivity contribution in [2.24, 2.45) is 0 Å². The molecular weight excluding hydrogens is 208 g/mol. The van der Waals surface area contributed by atoms with Crippen LogP contribution in [0.3, 0.4) is 0 Å². The molecule has 2 heteroatoms. The third kappa shape index (κ3) is 1.61. The molecule has 56 valence electrons. The van der Waals surface area contributed by atoms with Crippen molar-refractivity contribution in [2.45, 2.75) is 26.4 Å². The van der Waals surface area contributed by atoms with Gasteiger partial charge < -0.3 is 0 Å². The Hall–Kier alpha value is 0.180. The summed E-state index contributed by atoms with van der Waals surface area (Å²) >= 11 is 3.49. The van der Waals surface area contributed by atoms with Gasteiger partial charge in [-0.25, -0.2) is 0 Å². The first kappa shape index (κ1) is 2.11. The van der Waals surface area contributed by atoms with Crippen LogP contribution in [0.25, 0.3) is 0 Å². The zero-order valence-electron chi connectivity index (χ0n) is 14.9. The van der Waals surface area contributed by atoms with Gasteiger partial charge >= 0.3 is 0 Å². The quantitative estimate of drug-likeness (QED) is 0.684. The lowest BCUT2D eigenvalue weighted by Crippen LogP contribution is -1.77. The van der Waals surface area contributed by atoms with Gasteiger partial charge in [0.15, 0.2) is 0 Å². The highest BCUT2D eigenvalue weighted by Crippen LogP contribution is 2.30. The smallest absolute Gasteiger partial charge is 0.0355 e. The topological polar surface area (TPSA) is 0 Å². The van der Waals surface area contributed by atoms with Crippen LogP contribution in [0.2, 0.25) is 0 Å². The van der Waals surface area contributed by atoms with E-state index in [1.54, 1.807) is 0 Å². The highest BCUT2D eigenvalue weighted by atomic mass is 79.9. The Morgan fingerprint density at radius 3 is 3.10 bits per heavy atom. The summed E-state index contributed by atoms with van der Waals surface area (Å²) in [5.41, 5.74) is 0. The van der Waals surface area contributed by atoms with Crippen LogP contribution in [0.4, 0.5) is 0 Å². The molecule has 1 rings (SSSR count). The third-order valence-corrected chi connectivity index (χ3v) is 2.79. The lowest BCUT2D eigenvalue weighted by molar-refractivity contribution is 0.889. The first-order valence-corrected chi connectivity index (χ1v) is 4.03. The molecule has 0 saturated heterocycles. The fraction of sp³-hybridized carbons (Fsp3) is 0.500. The number of thiophene rings is 1. The molecule has 0 atom stereocenters. The van der Waals surface area contributed by atoms with Gasteiger partial charge in [0, 0.05) is 27.9 Å². The number of hydrogen-bond acceptors (Lipinski definition) is 1. The number of halogens is 1.